The van der Waals surface area contributed by atoms with Crippen molar-refractivity contribution in [2.75, 3.05) is 12.5 Å². The van der Waals surface area contributed by atoms with E-state index < -0.39 is 0 Å². The van der Waals surface area contributed by atoms with Crippen molar-refractivity contribution >= 4 is 5.82 Å². The zero-order valence-corrected chi connectivity index (χ0v) is 11.3. The molecule has 19 heavy (non-hydrogen) atoms. The Morgan fingerprint density at radius 1 is 1.21 bits per heavy atom. The Hall–Kier alpha value is -1.98. The number of pyridine rings is 2. The Bertz CT molecular complexity index is 524. The van der Waals surface area contributed by atoms with Gasteiger partial charge >= 0.3 is 0 Å². The molecular formula is C14H19N5. The first-order valence-electron chi connectivity index (χ1n) is 6.20. The largest absolute Gasteiger partial charge is 0.308 e. The lowest BCUT2D eigenvalue weighted by atomic mass is 10.2. The van der Waals surface area contributed by atoms with Crippen LogP contribution in [0.15, 0.2) is 36.5 Å². The van der Waals surface area contributed by atoms with Gasteiger partial charge in [0.05, 0.1) is 5.69 Å². The molecule has 5 nitrogen and oxygen atoms in total. The van der Waals surface area contributed by atoms with E-state index in [0.29, 0.717) is 5.82 Å². The topological polar surface area (TPSA) is 67.1 Å². The van der Waals surface area contributed by atoms with Crippen LogP contribution < -0.4 is 11.3 Å². The van der Waals surface area contributed by atoms with E-state index in [4.69, 9.17) is 5.84 Å². The second-order valence-electron chi connectivity index (χ2n) is 4.64. The molecule has 100 valence electrons. The molecule has 0 atom stereocenters. The van der Waals surface area contributed by atoms with Gasteiger partial charge in [-0.25, -0.2) is 10.8 Å². The summed E-state index contributed by atoms with van der Waals surface area (Å²) < 4.78 is 0. The van der Waals surface area contributed by atoms with Gasteiger partial charge in [0.15, 0.2) is 0 Å². The molecule has 3 N–H and O–H groups in total. The van der Waals surface area contributed by atoms with Crippen LogP contribution in [0.25, 0.3) is 0 Å². The number of nitrogens with two attached hydrogens (primary N) is 1. The lowest BCUT2D eigenvalue weighted by molar-refractivity contribution is 0.314. The second-order valence-corrected chi connectivity index (χ2v) is 4.64. The minimum Gasteiger partial charge on any atom is -0.308 e. The Labute approximate surface area is 113 Å². The minimum atomic E-state index is 0.673. The van der Waals surface area contributed by atoms with Gasteiger partial charge in [-0.3, -0.25) is 9.88 Å². The van der Waals surface area contributed by atoms with Crippen LogP contribution in [-0.2, 0) is 13.1 Å². The van der Waals surface area contributed by atoms with Gasteiger partial charge in [0.25, 0.3) is 0 Å². The van der Waals surface area contributed by atoms with E-state index in [0.717, 1.165) is 30.0 Å². The fraction of sp³-hybridized carbons (Fsp3) is 0.286. The van der Waals surface area contributed by atoms with Crippen molar-refractivity contribution in [2.45, 2.75) is 20.0 Å². The van der Waals surface area contributed by atoms with Crippen LogP contribution in [0.5, 0.6) is 0 Å². The van der Waals surface area contributed by atoms with Crippen LogP contribution in [-0.4, -0.2) is 21.9 Å². The van der Waals surface area contributed by atoms with E-state index in [1.165, 1.54) is 0 Å². The van der Waals surface area contributed by atoms with E-state index in [1.807, 2.05) is 43.5 Å². The van der Waals surface area contributed by atoms with Gasteiger partial charge in [0.1, 0.15) is 5.82 Å². The van der Waals surface area contributed by atoms with E-state index in [2.05, 4.69) is 27.3 Å². The van der Waals surface area contributed by atoms with Crippen molar-refractivity contribution in [1.82, 2.24) is 14.9 Å². The van der Waals surface area contributed by atoms with E-state index >= 15 is 0 Å². The number of nitrogens with one attached hydrogen (secondary N) is 1. The van der Waals surface area contributed by atoms with Gasteiger partial charge in [-0.15, -0.1) is 0 Å². The minimum absolute atomic E-state index is 0.673. The lowest BCUT2D eigenvalue weighted by Crippen LogP contribution is -2.18. The number of rotatable bonds is 5. The molecule has 0 aliphatic carbocycles. The van der Waals surface area contributed by atoms with Gasteiger partial charge in [-0.2, -0.15) is 0 Å². The number of hydrogen-bond acceptors (Lipinski definition) is 5. The molecule has 2 aromatic rings. The second kappa shape index (κ2) is 6.26. The first kappa shape index (κ1) is 13.5. The highest BCUT2D eigenvalue weighted by molar-refractivity contribution is 5.33. The fourth-order valence-corrected chi connectivity index (χ4v) is 1.94. The zero-order valence-electron chi connectivity index (χ0n) is 11.3. The fourth-order valence-electron chi connectivity index (χ4n) is 1.94. The number of nitrogen functional groups attached to an aromatic ring is 1. The van der Waals surface area contributed by atoms with E-state index in [-0.39, 0.29) is 0 Å². The van der Waals surface area contributed by atoms with E-state index in [1.54, 1.807) is 0 Å². The van der Waals surface area contributed by atoms with Gasteiger partial charge < -0.3 is 5.43 Å². The molecule has 0 saturated heterocycles. The first-order chi connectivity index (χ1) is 9.17. The highest BCUT2D eigenvalue weighted by atomic mass is 15.2. The van der Waals surface area contributed by atoms with Crippen molar-refractivity contribution in [1.29, 1.82) is 0 Å². The monoisotopic (exact) mass is 257 g/mol. The summed E-state index contributed by atoms with van der Waals surface area (Å²) in [5, 5.41) is 0. The van der Waals surface area contributed by atoms with Crippen LogP contribution in [0, 0.1) is 6.92 Å². The molecule has 0 aliphatic heterocycles. The van der Waals surface area contributed by atoms with Gasteiger partial charge in [-0.1, -0.05) is 12.1 Å². The highest BCUT2D eigenvalue weighted by Gasteiger charge is 2.03. The maximum Gasteiger partial charge on any atom is 0.139 e. The molecule has 0 radical (unpaired) electrons. The quantitative estimate of drug-likeness (QED) is 0.630. The summed E-state index contributed by atoms with van der Waals surface area (Å²) in [4.78, 5) is 10.9. The van der Waals surface area contributed by atoms with Gasteiger partial charge in [0.2, 0.25) is 0 Å². The maximum absolute atomic E-state index is 5.29. The highest BCUT2D eigenvalue weighted by Crippen LogP contribution is 2.08. The summed E-state index contributed by atoms with van der Waals surface area (Å²) in [5.41, 5.74) is 5.79. The summed E-state index contributed by atoms with van der Waals surface area (Å²) in [7, 11) is 2.07. The normalized spacial score (nSPS) is 10.7. The van der Waals surface area contributed by atoms with Crippen LogP contribution >= 0.6 is 0 Å². The number of aromatic nitrogens is 2. The van der Waals surface area contributed by atoms with Crippen LogP contribution in [0.1, 0.15) is 17.0 Å². The predicted molar refractivity (Wildman–Crippen MR) is 76.2 cm³/mol. The SMILES string of the molecule is Cc1cccc(CN(C)Cc2ccc(NN)nc2)n1. The standard InChI is InChI=1S/C14H19N5/c1-11-4-3-5-13(17-11)10-19(2)9-12-6-7-14(18-15)16-8-12/h3-8H,9-10,15H2,1-2H3,(H,16,18). The van der Waals surface area contributed by atoms with Crippen molar-refractivity contribution in [3.05, 3.63) is 53.5 Å². The smallest absolute Gasteiger partial charge is 0.139 e. The predicted octanol–water partition coefficient (Wildman–Crippen LogP) is 1.70. The summed E-state index contributed by atoms with van der Waals surface area (Å²) in [6, 6.07) is 9.97. The van der Waals surface area contributed by atoms with Crippen molar-refractivity contribution in [3.8, 4) is 0 Å². The molecule has 2 aromatic heterocycles. The number of nitrogens with zero attached hydrogens (tertiary/aromatic N) is 3. The van der Waals surface area contributed by atoms with Gasteiger partial charge in [-0.05, 0) is 37.7 Å². The third-order valence-corrected chi connectivity index (χ3v) is 2.80. The Morgan fingerprint density at radius 2 is 2.05 bits per heavy atom. The molecule has 0 fully saturated rings. The molecule has 0 aliphatic rings. The number of anilines is 1. The molecule has 0 bridgehead atoms. The van der Waals surface area contributed by atoms with Crippen LogP contribution in [0.2, 0.25) is 0 Å². The molecule has 5 heteroatoms. The lowest BCUT2D eigenvalue weighted by Gasteiger charge is -2.16. The zero-order chi connectivity index (χ0) is 13.7. The third kappa shape index (κ3) is 4.01. The van der Waals surface area contributed by atoms with E-state index in [9.17, 15) is 0 Å². The third-order valence-electron chi connectivity index (χ3n) is 2.80. The first-order valence-corrected chi connectivity index (χ1v) is 6.20. The van der Waals surface area contributed by atoms with Crippen molar-refractivity contribution < 1.29 is 0 Å². The summed E-state index contributed by atoms with van der Waals surface area (Å²) >= 11 is 0. The Kier molecular flexibility index (Phi) is 4.43. The van der Waals surface area contributed by atoms with Crippen LogP contribution in [0.3, 0.4) is 0 Å². The van der Waals surface area contributed by atoms with Crippen molar-refractivity contribution in [3.63, 3.8) is 0 Å². The molecule has 0 aromatic carbocycles. The molecule has 0 saturated carbocycles. The molecule has 2 rings (SSSR count). The van der Waals surface area contributed by atoms with Gasteiger partial charge in [0, 0.05) is 25.0 Å². The summed E-state index contributed by atoms with van der Waals surface area (Å²) in [6.07, 6.45) is 1.83. The van der Waals surface area contributed by atoms with Crippen molar-refractivity contribution in [2.24, 2.45) is 5.84 Å². The average molecular weight is 257 g/mol. The maximum atomic E-state index is 5.29. The summed E-state index contributed by atoms with van der Waals surface area (Å²) in [6.45, 7) is 3.65. The Balaban J connectivity index is 1.95. The molecular weight excluding hydrogens is 238 g/mol. The Morgan fingerprint density at radius 3 is 2.68 bits per heavy atom. The number of aryl methyl sites for hydroxylation is 1. The van der Waals surface area contributed by atoms with Crippen LogP contribution in [0.4, 0.5) is 5.82 Å². The number of hydrogen-bond donors (Lipinski definition) is 2. The summed E-state index contributed by atoms with van der Waals surface area (Å²) in [5.74, 6) is 5.96. The number of hydrazine groups is 1. The molecule has 0 amide bonds. The molecule has 2 heterocycles. The molecule has 0 unspecified atom stereocenters. The molecule has 0 spiro atoms. The average Bonchev–Trinajstić information content (AvgIpc) is 2.39.